The van der Waals surface area contributed by atoms with E-state index in [0.717, 1.165) is 0 Å². The molecule has 0 bridgehead atoms. The van der Waals surface area contributed by atoms with E-state index in [0.29, 0.717) is 11.0 Å². The minimum atomic E-state index is -1.06. The van der Waals surface area contributed by atoms with E-state index in [2.05, 4.69) is 21.2 Å². The maximum Gasteiger partial charge on any atom is 0.339 e. The molecular weight excluding hydrogens is 314 g/mol. The smallest absolute Gasteiger partial charge is 0.339 e. The summed E-state index contributed by atoms with van der Waals surface area (Å²) in [7, 11) is 0. The number of hydrogen-bond acceptors (Lipinski definition) is 4. The molecule has 0 radical (unpaired) electrons. The molecule has 1 aromatic rings. The summed E-state index contributed by atoms with van der Waals surface area (Å²) in [5, 5.41) is 21.8. The molecule has 0 aliphatic carbocycles. The molecule has 1 atom stereocenters. The monoisotopic (exact) mass is 331 g/mol. The molecule has 0 amide bonds. The Kier molecular flexibility index (Phi) is 6.27. The van der Waals surface area contributed by atoms with Crippen molar-refractivity contribution in [3.05, 3.63) is 28.2 Å². The first-order valence-electron chi connectivity index (χ1n) is 5.97. The number of ether oxygens (including phenoxy) is 1. The van der Waals surface area contributed by atoms with Crippen LogP contribution in [0.2, 0.25) is 0 Å². The van der Waals surface area contributed by atoms with E-state index >= 15 is 0 Å². The van der Waals surface area contributed by atoms with Crippen LogP contribution in [0.15, 0.2) is 22.7 Å². The minimum absolute atomic E-state index is 0.0433. The van der Waals surface area contributed by atoms with Crippen LogP contribution in [0, 0.1) is 0 Å². The van der Waals surface area contributed by atoms with Gasteiger partial charge < -0.3 is 20.3 Å². The molecule has 106 valence electrons. The molecular formula is C13H18BrNO4. The number of aromatic carboxylic acids is 1. The van der Waals surface area contributed by atoms with Gasteiger partial charge in [-0.2, -0.15) is 0 Å². The molecule has 1 aromatic carbocycles. The summed E-state index contributed by atoms with van der Waals surface area (Å²) >= 11 is 3.21. The van der Waals surface area contributed by atoms with Gasteiger partial charge in [0.2, 0.25) is 0 Å². The molecule has 5 nitrogen and oxygen atoms in total. The van der Waals surface area contributed by atoms with Crippen molar-refractivity contribution < 1.29 is 19.7 Å². The van der Waals surface area contributed by atoms with Crippen LogP contribution in [0.25, 0.3) is 0 Å². The Bertz CT molecular complexity index is 437. The third-order valence-corrected chi connectivity index (χ3v) is 2.86. The topological polar surface area (TPSA) is 78.8 Å². The molecule has 0 fully saturated rings. The van der Waals surface area contributed by atoms with Crippen LogP contribution in [0.4, 0.5) is 0 Å². The fourth-order valence-electron chi connectivity index (χ4n) is 1.41. The minimum Gasteiger partial charge on any atom is -0.490 e. The lowest BCUT2D eigenvalue weighted by atomic mass is 10.2. The van der Waals surface area contributed by atoms with Crippen molar-refractivity contribution in [2.24, 2.45) is 0 Å². The van der Waals surface area contributed by atoms with Gasteiger partial charge in [0, 0.05) is 17.1 Å². The number of aliphatic hydroxyl groups is 1. The SMILES string of the molecule is CC(C)NCC(O)COc1ccc(Br)cc1C(=O)O. The van der Waals surface area contributed by atoms with Crippen LogP contribution < -0.4 is 10.1 Å². The van der Waals surface area contributed by atoms with E-state index in [1.807, 2.05) is 13.8 Å². The number of hydrogen-bond donors (Lipinski definition) is 3. The van der Waals surface area contributed by atoms with Gasteiger partial charge in [0.25, 0.3) is 0 Å². The summed E-state index contributed by atoms with van der Waals surface area (Å²) in [5.41, 5.74) is 0.0680. The van der Waals surface area contributed by atoms with Gasteiger partial charge in [-0.1, -0.05) is 29.8 Å². The molecule has 3 N–H and O–H groups in total. The van der Waals surface area contributed by atoms with E-state index < -0.39 is 12.1 Å². The molecule has 0 saturated heterocycles. The van der Waals surface area contributed by atoms with Gasteiger partial charge in [0.05, 0.1) is 0 Å². The van der Waals surface area contributed by atoms with Crippen molar-refractivity contribution in [1.29, 1.82) is 0 Å². The molecule has 6 heteroatoms. The summed E-state index contributed by atoms with van der Waals surface area (Å²) < 4.78 is 6.02. The van der Waals surface area contributed by atoms with Gasteiger partial charge in [-0.3, -0.25) is 0 Å². The quantitative estimate of drug-likeness (QED) is 0.711. The van der Waals surface area contributed by atoms with Crippen LogP contribution in [0.5, 0.6) is 5.75 Å². The molecule has 0 aliphatic rings. The fraction of sp³-hybridized carbons (Fsp3) is 0.462. The highest BCUT2D eigenvalue weighted by atomic mass is 79.9. The van der Waals surface area contributed by atoms with Crippen molar-refractivity contribution in [3.8, 4) is 5.75 Å². The van der Waals surface area contributed by atoms with Crippen LogP contribution in [0.3, 0.4) is 0 Å². The summed E-state index contributed by atoms with van der Waals surface area (Å²) in [6, 6.07) is 5.00. The fourth-order valence-corrected chi connectivity index (χ4v) is 1.77. The number of halogens is 1. The second-order valence-electron chi connectivity index (χ2n) is 4.47. The van der Waals surface area contributed by atoms with Gasteiger partial charge in [-0.15, -0.1) is 0 Å². The zero-order chi connectivity index (χ0) is 14.4. The molecule has 19 heavy (non-hydrogen) atoms. The van der Waals surface area contributed by atoms with Crippen LogP contribution >= 0.6 is 15.9 Å². The zero-order valence-corrected chi connectivity index (χ0v) is 12.5. The van der Waals surface area contributed by atoms with Crippen LogP contribution in [0.1, 0.15) is 24.2 Å². The van der Waals surface area contributed by atoms with Crippen molar-refractivity contribution in [1.82, 2.24) is 5.32 Å². The predicted molar refractivity (Wildman–Crippen MR) is 75.7 cm³/mol. The Morgan fingerprint density at radius 2 is 2.16 bits per heavy atom. The summed E-state index contributed by atoms with van der Waals surface area (Å²) in [5.74, 6) is -0.814. The second-order valence-corrected chi connectivity index (χ2v) is 5.39. The lowest BCUT2D eigenvalue weighted by Crippen LogP contribution is -2.35. The number of rotatable bonds is 7. The highest BCUT2D eigenvalue weighted by molar-refractivity contribution is 9.10. The Morgan fingerprint density at radius 1 is 1.47 bits per heavy atom. The van der Waals surface area contributed by atoms with E-state index in [9.17, 15) is 9.90 Å². The van der Waals surface area contributed by atoms with E-state index in [1.54, 1.807) is 12.1 Å². The standard InChI is InChI=1S/C13H18BrNO4/c1-8(2)15-6-10(16)7-19-12-4-3-9(14)5-11(12)13(17)18/h3-5,8,10,15-16H,6-7H2,1-2H3,(H,17,18). The number of benzene rings is 1. The summed E-state index contributed by atoms with van der Waals surface area (Å²) in [6.07, 6.45) is -0.687. The number of carboxylic acids is 1. The Labute approximate surface area is 120 Å². The lowest BCUT2D eigenvalue weighted by molar-refractivity contribution is 0.0682. The van der Waals surface area contributed by atoms with Crippen molar-refractivity contribution in [2.75, 3.05) is 13.2 Å². The number of nitrogens with one attached hydrogen (secondary N) is 1. The third-order valence-electron chi connectivity index (χ3n) is 2.36. The molecule has 1 unspecified atom stereocenters. The van der Waals surface area contributed by atoms with Crippen molar-refractivity contribution >= 4 is 21.9 Å². The first kappa shape index (κ1) is 15.9. The molecule has 1 rings (SSSR count). The molecule has 0 saturated carbocycles. The predicted octanol–water partition coefficient (Wildman–Crippen LogP) is 1.88. The summed E-state index contributed by atoms with van der Waals surface area (Å²) in [6.45, 7) is 4.40. The Balaban J connectivity index is 2.60. The van der Waals surface area contributed by atoms with Crippen LogP contribution in [-0.2, 0) is 0 Å². The first-order chi connectivity index (χ1) is 8.90. The maximum atomic E-state index is 11.1. The van der Waals surface area contributed by atoms with Gasteiger partial charge in [-0.05, 0) is 18.2 Å². The first-order valence-corrected chi connectivity index (χ1v) is 6.76. The second kappa shape index (κ2) is 7.47. The van der Waals surface area contributed by atoms with Crippen LogP contribution in [-0.4, -0.2) is 41.5 Å². The molecule has 0 spiro atoms. The Hall–Kier alpha value is -1.11. The van der Waals surface area contributed by atoms with Gasteiger partial charge in [-0.25, -0.2) is 4.79 Å². The Morgan fingerprint density at radius 3 is 2.74 bits per heavy atom. The molecule has 0 aliphatic heterocycles. The number of aliphatic hydroxyl groups excluding tert-OH is 1. The number of carboxylic acid groups (broad SMARTS) is 1. The van der Waals surface area contributed by atoms with Crippen molar-refractivity contribution in [2.45, 2.75) is 26.0 Å². The largest absolute Gasteiger partial charge is 0.490 e. The van der Waals surface area contributed by atoms with E-state index in [1.165, 1.54) is 6.07 Å². The van der Waals surface area contributed by atoms with Gasteiger partial charge in [0.1, 0.15) is 24.0 Å². The highest BCUT2D eigenvalue weighted by Gasteiger charge is 2.13. The molecule has 0 aromatic heterocycles. The van der Waals surface area contributed by atoms with Gasteiger partial charge >= 0.3 is 5.97 Å². The van der Waals surface area contributed by atoms with Gasteiger partial charge in [0.15, 0.2) is 0 Å². The maximum absolute atomic E-state index is 11.1. The van der Waals surface area contributed by atoms with Crippen molar-refractivity contribution in [3.63, 3.8) is 0 Å². The average molecular weight is 332 g/mol. The van der Waals surface area contributed by atoms with E-state index in [-0.39, 0.29) is 24.0 Å². The normalized spacial score (nSPS) is 12.5. The highest BCUT2D eigenvalue weighted by Crippen LogP contribution is 2.23. The average Bonchev–Trinajstić information content (AvgIpc) is 2.34. The lowest BCUT2D eigenvalue weighted by Gasteiger charge is -2.16. The van der Waals surface area contributed by atoms with E-state index in [4.69, 9.17) is 9.84 Å². The number of carbonyl (C=O) groups is 1. The third kappa shape index (κ3) is 5.59. The molecule has 0 heterocycles. The zero-order valence-electron chi connectivity index (χ0n) is 10.9. The summed E-state index contributed by atoms with van der Waals surface area (Å²) in [4.78, 5) is 11.1.